The number of rotatable bonds is 0. The lowest BCUT2D eigenvalue weighted by atomic mass is 9.79. The Kier molecular flexibility index (Phi) is 7.54. The van der Waals surface area contributed by atoms with Gasteiger partial charge in [-0.1, -0.05) is 69.6 Å². The highest BCUT2D eigenvalue weighted by Gasteiger charge is 2.41. The maximum Gasteiger partial charge on any atom is 0.0710 e. The van der Waals surface area contributed by atoms with Gasteiger partial charge >= 0.3 is 0 Å². The van der Waals surface area contributed by atoms with Crippen LogP contribution in [0.1, 0.15) is 101 Å². The third kappa shape index (κ3) is 4.78. The predicted molar refractivity (Wildman–Crippen MR) is 172 cm³/mol. The summed E-state index contributed by atoms with van der Waals surface area (Å²) in [4.78, 5) is 18.9. The fraction of sp³-hybridized carbons (Fsp3) is 0.387. The molecule has 0 aromatic carbocycles. The van der Waals surface area contributed by atoms with Gasteiger partial charge in [-0.05, 0) is 85.7 Å². The average molecular weight is 671 g/mol. The maximum absolute atomic E-state index is 6.84. The highest BCUT2D eigenvalue weighted by Crippen LogP contribution is 2.47. The SMILES string of the molecule is CC1(C)c2ccc([nH]2)C(C)(C)c2nc(c(Cl)cc2Cl)C(C)(C)c2nc(c(Cl)cc2Cl)C(C)(C)c2nc1c(Cl)cc2Cl. The minimum atomic E-state index is -0.832. The van der Waals surface area contributed by atoms with Gasteiger partial charge in [-0.15, -0.1) is 0 Å². The van der Waals surface area contributed by atoms with E-state index in [0.717, 1.165) is 11.4 Å². The lowest BCUT2D eigenvalue weighted by Crippen LogP contribution is -2.31. The zero-order valence-electron chi connectivity index (χ0n) is 24.0. The molecule has 0 saturated heterocycles. The highest BCUT2D eigenvalue weighted by atomic mass is 35.5. The largest absolute Gasteiger partial charge is 0.361 e. The zero-order valence-corrected chi connectivity index (χ0v) is 28.5. The third-order valence-corrected chi connectivity index (χ3v) is 10.1. The Morgan fingerprint density at radius 3 is 0.878 bits per heavy atom. The van der Waals surface area contributed by atoms with E-state index in [1.807, 2.05) is 39.8 Å². The summed E-state index contributed by atoms with van der Waals surface area (Å²) >= 11 is 41.0. The molecule has 0 amide bonds. The molecule has 10 heteroatoms. The minimum absolute atomic E-state index is 0.389. The van der Waals surface area contributed by atoms with Gasteiger partial charge in [0.05, 0.1) is 75.1 Å². The molecule has 41 heavy (non-hydrogen) atoms. The highest BCUT2D eigenvalue weighted by molar-refractivity contribution is 6.37. The lowest BCUT2D eigenvalue weighted by Gasteiger charge is -2.34. The minimum Gasteiger partial charge on any atom is -0.361 e. The van der Waals surface area contributed by atoms with E-state index in [1.54, 1.807) is 18.2 Å². The topological polar surface area (TPSA) is 54.5 Å². The molecule has 0 fully saturated rings. The van der Waals surface area contributed by atoms with Gasteiger partial charge in [0.1, 0.15) is 0 Å². The number of hydrogen-bond acceptors (Lipinski definition) is 3. The normalized spacial score (nSPS) is 18.3. The molecular weight excluding hydrogens is 641 g/mol. The number of nitrogens with zero attached hydrogens (tertiary/aromatic N) is 3. The fourth-order valence-corrected chi connectivity index (χ4v) is 8.13. The molecule has 8 bridgehead atoms. The van der Waals surface area contributed by atoms with E-state index >= 15 is 0 Å². The van der Waals surface area contributed by atoms with E-state index in [0.29, 0.717) is 64.3 Å². The molecule has 0 unspecified atom stereocenters. The van der Waals surface area contributed by atoms with Gasteiger partial charge in [0, 0.05) is 22.2 Å². The van der Waals surface area contributed by atoms with E-state index in [9.17, 15) is 0 Å². The fourth-order valence-electron chi connectivity index (χ4n) is 5.63. The summed E-state index contributed by atoms with van der Waals surface area (Å²) in [6.07, 6.45) is 0. The van der Waals surface area contributed by atoms with Crippen molar-refractivity contribution in [3.05, 3.63) is 106 Å². The molecule has 1 aliphatic heterocycles. The Labute approximate surface area is 271 Å². The summed E-state index contributed by atoms with van der Waals surface area (Å²) in [5, 5.41) is 2.52. The van der Waals surface area contributed by atoms with Crippen LogP contribution in [0.4, 0.5) is 0 Å². The van der Waals surface area contributed by atoms with E-state index in [1.165, 1.54) is 0 Å². The first-order chi connectivity index (χ1) is 18.8. The van der Waals surface area contributed by atoms with Gasteiger partial charge in [-0.25, -0.2) is 0 Å². The Bertz CT molecular complexity index is 1600. The van der Waals surface area contributed by atoms with Crippen LogP contribution in [0.2, 0.25) is 30.1 Å². The number of fused-ring (bicyclic) bond motifs is 8. The van der Waals surface area contributed by atoms with Crippen molar-refractivity contribution >= 4 is 69.6 Å². The van der Waals surface area contributed by atoms with Gasteiger partial charge < -0.3 is 4.98 Å². The predicted octanol–water partition coefficient (Wildman–Crippen LogP) is 10.7. The van der Waals surface area contributed by atoms with E-state index < -0.39 is 21.7 Å². The van der Waals surface area contributed by atoms with Gasteiger partial charge in [-0.3, -0.25) is 15.0 Å². The smallest absolute Gasteiger partial charge is 0.0710 e. The monoisotopic (exact) mass is 668 g/mol. The molecule has 5 rings (SSSR count). The molecule has 4 aromatic rings. The van der Waals surface area contributed by atoms with Crippen molar-refractivity contribution in [3.8, 4) is 0 Å². The number of aromatic amines is 1. The summed E-state index contributed by atoms with van der Waals surface area (Å²) in [6.45, 7) is 16.2. The van der Waals surface area contributed by atoms with Crippen molar-refractivity contribution in [1.82, 2.24) is 19.9 Å². The summed E-state index contributed by atoms with van der Waals surface area (Å²) in [5.74, 6) is 0. The first kappa shape index (κ1) is 30.9. The van der Waals surface area contributed by atoms with Gasteiger partial charge in [0.2, 0.25) is 0 Å². The maximum atomic E-state index is 6.84. The molecular formula is C31H30Cl6N4. The molecule has 1 aliphatic rings. The molecule has 216 valence electrons. The molecule has 4 aromatic heterocycles. The van der Waals surface area contributed by atoms with Crippen molar-refractivity contribution in [3.63, 3.8) is 0 Å². The van der Waals surface area contributed by atoms with Crippen LogP contribution in [-0.4, -0.2) is 19.9 Å². The van der Waals surface area contributed by atoms with Crippen LogP contribution in [0, 0.1) is 0 Å². The molecule has 0 radical (unpaired) electrons. The number of nitrogens with one attached hydrogen (secondary N) is 1. The Hall–Kier alpha value is -1.53. The first-order valence-corrected chi connectivity index (χ1v) is 15.4. The Morgan fingerprint density at radius 1 is 0.415 bits per heavy atom. The number of H-pyrrole nitrogens is 1. The molecule has 0 aliphatic carbocycles. The van der Waals surface area contributed by atoms with Crippen molar-refractivity contribution in [2.45, 2.75) is 77.0 Å². The summed E-state index contributed by atoms with van der Waals surface area (Å²) in [6, 6.07) is 9.27. The van der Waals surface area contributed by atoms with Crippen LogP contribution in [0.25, 0.3) is 0 Å². The second-order valence-corrected chi connectivity index (χ2v) is 15.2. The van der Waals surface area contributed by atoms with Gasteiger partial charge in [0.25, 0.3) is 0 Å². The van der Waals surface area contributed by atoms with Gasteiger partial charge in [-0.2, -0.15) is 0 Å². The standard InChI is InChI=1S/C31H30Cl6N4/c1-28(2)20-9-10-21(38-20)29(3,4)23-15(33)12-17(35)25(40-23)31(7,8)27-19(37)13-18(36)26(41-27)30(5,6)24-16(34)11-14(32)22(28)39-24/h9-13,38H,1-8H3. The molecule has 0 atom stereocenters. The quantitative estimate of drug-likeness (QED) is 0.203. The van der Waals surface area contributed by atoms with Crippen LogP contribution in [-0.2, 0) is 21.7 Å². The summed E-state index contributed by atoms with van der Waals surface area (Å²) < 4.78 is 0. The average Bonchev–Trinajstić information content (AvgIpc) is 3.35. The van der Waals surface area contributed by atoms with Crippen molar-refractivity contribution in [1.29, 1.82) is 0 Å². The van der Waals surface area contributed by atoms with Crippen molar-refractivity contribution < 1.29 is 0 Å². The first-order valence-electron chi connectivity index (χ1n) is 13.1. The van der Waals surface area contributed by atoms with E-state index in [-0.39, 0.29) is 0 Å². The second kappa shape index (κ2) is 10.0. The van der Waals surface area contributed by atoms with Gasteiger partial charge in [0.15, 0.2) is 0 Å². The summed E-state index contributed by atoms with van der Waals surface area (Å²) in [5.41, 5.74) is 2.58. The molecule has 0 spiro atoms. The number of halogens is 6. The van der Waals surface area contributed by atoms with Crippen LogP contribution in [0.5, 0.6) is 0 Å². The second-order valence-electron chi connectivity index (χ2n) is 12.7. The lowest BCUT2D eigenvalue weighted by molar-refractivity contribution is 0.528. The van der Waals surface area contributed by atoms with Crippen LogP contribution in [0.3, 0.4) is 0 Å². The number of hydrogen-bond donors (Lipinski definition) is 1. The molecule has 1 N–H and O–H groups in total. The van der Waals surface area contributed by atoms with Crippen LogP contribution >= 0.6 is 69.6 Å². The molecule has 0 saturated carbocycles. The number of aromatic nitrogens is 4. The Morgan fingerprint density at radius 2 is 0.634 bits per heavy atom. The summed E-state index contributed by atoms with van der Waals surface area (Å²) in [7, 11) is 0. The molecule has 4 nitrogen and oxygen atoms in total. The van der Waals surface area contributed by atoms with Crippen molar-refractivity contribution in [2.75, 3.05) is 0 Å². The van der Waals surface area contributed by atoms with E-state index in [4.69, 9.17) is 84.6 Å². The zero-order chi connectivity index (χ0) is 30.4. The number of pyridine rings is 3. The van der Waals surface area contributed by atoms with Crippen LogP contribution < -0.4 is 0 Å². The van der Waals surface area contributed by atoms with Crippen LogP contribution in [0.15, 0.2) is 30.3 Å². The van der Waals surface area contributed by atoms with Crippen molar-refractivity contribution in [2.24, 2.45) is 0 Å². The Balaban J connectivity index is 1.95. The molecule has 5 heterocycles. The van der Waals surface area contributed by atoms with E-state index in [2.05, 4.69) is 32.7 Å². The third-order valence-electron chi connectivity index (χ3n) is 8.37.